The molecular weight excluding hydrogens is 199 g/mol. The number of benzene rings is 1. The molecule has 5 heteroatoms. The number of rotatable bonds is 2. The Morgan fingerprint density at radius 3 is 2.38 bits per heavy atom. The van der Waals surface area contributed by atoms with Gasteiger partial charge in [-0.3, -0.25) is 4.79 Å². The quantitative estimate of drug-likeness (QED) is 0.746. The van der Waals surface area contributed by atoms with Crippen molar-refractivity contribution in [2.24, 2.45) is 0 Å². The highest BCUT2D eigenvalue weighted by Gasteiger charge is 2.15. The summed E-state index contributed by atoms with van der Waals surface area (Å²) in [6.07, 6.45) is 0. The lowest BCUT2D eigenvalue weighted by molar-refractivity contribution is 0.0693. The molecule has 68 valence electrons. The molecule has 1 aromatic rings. The Hall–Kier alpha value is -1.42. The molecule has 0 radical (unpaired) electrons. The molecular formula is C8H4ClFO3. The summed E-state index contributed by atoms with van der Waals surface area (Å²) in [7, 11) is 0. The molecule has 0 aromatic heterocycles. The first-order valence-electron chi connectivity index (χ1n) is 3.25. The van der Waals surface area contributed by atoms with E-state index in [1.807, 2.05) is 0 Å². The van der Waals surface area contributed by atoms with Crippen LogP contribution in [0.2, 0.25) is 0 Å². The number of carboxylic acids is 1. The van der Waals surface area contributed by atoms with Crippen LogP contribution >= 0.6 is 11.6 Å². The van der Waals surface area contributed by atoms with Crippen molar-refractivity contribution in [3.05, 3.63) is 35.1 Å². The van der Waals surface area contributed by atoms with Crippen LogP contribution in [0.25, 0.3) is 0 Å². The maximum Gasteiger partial charge on any atom is 0.336 e. The highest BCUT2D eigenvalue weighted by atomic mass is 35.5. The molecule has 3 nitrogen and oxygen atoms in total. The van der Waals surface area contributed by atoms with Crippen molar-refractivity contribution in [2.45, 2.75) is 0 Å². The van der Waals surface area contributed by atoms with Gasteiger partial charge in [0, 0.05) is 0 Å². The number of hydrogen-bond acceptors (Lipinski definition) is 2. The van der Waals surface area contributed by atoms with Gasteiger partial charge in [0.25, 0.3) is 5.24 Å². The van der Waals surface area contributed by atoms with Crippen LogP contribution in [0.4, 0.5) is 4.39 Å². The van der Waals surface area contributed by atoms with Crippen LogP contribution in [-0.2, 0) is 0 Å². The van der Waals surface area contributed by atoms with Crippen molar-refractivity contribution in [3.63, 3.8) is 0 Å². The van der Waals surface area contributed by atoms with Gasteiger partial charge in [-0.15, -0.1) is 0 Å². The summed E-state index contributed by atoms with van der Waals surface area (Å²) in [6, 6.07) is 2.73. The van der Waals surface area contributed by atoms with Gasteiger partial charge in [-0.1, -0.05) is 0 Å². The second-order valence-corrected chi connectivity index (χ2v) is 2.61. The van der Waals surface area contributed by atoms with Crippen molar-refractivity contribution in [2.75, 3.05) is 0 Å². The van der Waals surface area contributed by atoms with E-state index in [1.54, 1.807) is 0 Å². The molecule has 1 N–H and O–H groups in total. The Morgan fingerprint density at radius 2 is 1.92 bits per heavy atom. The van der Waals surface area contributed by atoms with Gasteiger partial charge in [-0.2, -0.15) is 0 Å². The molecule has 0 unspecified atom stereocenters. The zero-order valence-electron chi connectivity index (χ0n) is 6.25. The van der Waals surface area contributed by atoms with Gasteiger partial charge < -0.3 is 5.11 Å². The second kappa shape index (κ2) is 3.53. The van der Waals surface area contributed by atoms with E-state index in [2.05, 4.69) is 0 Å². The van der Waals surface area contributed by atoms with E-state index < -0.39 is 17.0 Å². The zero-order chi connectivity index (χ0) is 10.0. The Balaban J connectivity index is 3.35. The highest BCUT2D eigenvalue weighted by molar-refractivity contribution is 6.68. The maximum absolute atomic E-state index is 12.6. The van der Waals surface area contributed by atoms with E-state index in [0.29, 0.717) is 0 Å². The summed E-state index contributed by atoms with van der Waals surface area (Å²) in [5.41, 5.74) is -0.643. The smallest absolute Gasteiger partial charge is 0.336 e. The average Bonchev–Trinajstić information content (AvgIpc) is 2.03. The first-order valence-corrected chi connectivity index (χ1v) is 3.63. The first kappa shape index (κ1) is 9.67. The van der Waals surface area contributed by atoms with Crippen molar-refractivity contribution in [1.29, 1.82) is 0 Å². The minimum Gasteiger partial charge on any atom is -0.478 e. The number of halogens is 2. The molecule has 0 amide bonds. The van der Waals surface area contributed by atoms with Gasteiger partial charge in [-0.25, -0.2) is 9.18 Å². The molecule has 0 spiro atoms. The lowest BCUT2D eigenvalue weighted by Gasteiger charge is -1.99. The van der Waals surface area contributed by atoms with Crippen LogP contribution in [0.15, 0.2) is 18.2 Å². The van der Waals surface area contributed by atoms with Crippen molar-refractivity contribution < 1.29 is 19.1 Å². The summed E-state index contributed by atoms with van der Waals surface area (Å²) >= 11 is 5.06. The van der Waals surface area contributed by atoms with Gasteiger partial charge in [0.1, 0.15) is 5.82 Å². The molecule has 0 atom stereocenters. The van der Waals surface area contributed by atoms with Gasteiger partial charge in [0.2, 0.25) is 0 Å². The van der Waals surface area contributed by atoms with Gasteiger partial charge in [0.15, 0.2) is 0 Å². The van der Waals surface area contributed by atoms with E-state index in [1.165, 1.54) is 0 Å². The maximum atomic E-state index is 12.6. The van der Waals surface area contributed by atoms with Crippen LogP contribution < -0.4 is 0 Å². The van der Waals surface area contributed by atoms with Crippen LogP contribution in [0, 0.1) is 5.82 Å². The fraction of sp³-hybridized carbons (Fsp3) is 0. The Morgan fingerprint density at radius 1 is 1.31 bits per heavy atom. The van der Waals surface area contributed by atoms with Gasteiger partial charge in [-0.05, 0) is 29.8 Å². The van der Waals surface area contributed by atoms with Gasteiger partial charge >= 0.3 is 5.97 Å². The third kappa shape index (κ3) is 2.03. The summed E-state index contributed by atoms with van der Waals surface area (Å²) in [6.45, 7) is 0. The largest absolute Gasteiger partial charge is 0.478 e. The Bertz CT molecular complexity index is 376. The molecule has 0 saturated carbocycles. The normalized spacial score (nSPS) is 9.69. The molecule has 0 aliphatic carbocycles. The summed E-state index contributed by atoms with van der Waals surface area (Å²) in [4.78, 5) is 21.2. The van der Waals surface area contributed by atoms with E-state index in [4.69, 9.17) is 16.7 Å². The van der Waals surface area contributed by atoms with E-state index >= 15 is 0 Å². The molecule has 0 aliphatic heterocycles. The van der Waals surface area contributed by atoms with Crippen LogP contribution in [0.3, 0.4) is 0 Å². The lowest BCUT2D eigenvalue weighted by atomic mass is 10.1. The third-order valence-electron chi connectivity index (χ3n) is 1.42. The number of carbonyl (C=O) groups excluding carboxylic acids is 1. The number of hydrogen-bond donors (Lipinski definition) is 1. The summed E-state index contributed by atoms with van der Waals surface area (Å²) in [5.74, 6) is -2.02. The zero-order valence-corrected chi connectivity index (χ0v) is 7.01. The second-order valence-electron chi connectivity index (χ2n) is 2.27. The van der Waals surface area contributed by atoms with E-state index in [9.17, 15) is 14.0 Å². The minimum atomic E-state index is -1.32. The number of aromatic carboxylic acids is 1. The molecule has 0 heterocycles. The molecule has 0 bridgehead atoms. The average molecular weight is 203 g/mol. The summed E-state index contributed by atoms with van der Waals surface area (Å²) < 4.78 is 12.6. The predicted molar refractivity (Wildman–Crippen MR) is 43.5 cm³/mol. The van der Waals surface area contributed by atoms with Crippen molar-refractivity contribution in [1.82, 2.24) is 0 Å². The van der Waals surface area contributed by atoms with Crippen LogP contribution in [-0.4, -0.2) is 16.3 Å². The topological polar surface area (TPSA) is 54.4 Å². The Kier molecular flexibility index (Phi) is 2.63. The molecule has 1 aromatic carbocycles. The van der Waals surface area contributed by atoms with Crippen molar-refractivity contribution >= 4 is 22.8 Å². The molecule has 13 heavy (non-hydrogen) atoms. The van der Waals surface area contributed by atoms with Crippen LogP contribution in [0.1, 0.15) is 20.7 Å². The predicted octanol–water partition coefficient (Wildman–Crippen LogP) is 1.90. The monoisotopic (exact) mass is 202 g/mol. The SMILES string of the molecule is O=C(O)c1ccc(F)cc1C(=O)Cl. The standard InChI is InChI=1S/C8H4ClFO3/c9-7(11)6-3-4(10)1-2-5(6)8(12)13/h1-3H,(H,12,13). The lowest BCUT2D eigenvalue weighted by Crippen LogP contribution is -2.05. The fourth-order valence-corrected chi connectivity index (χ4v) is 1.02. The first-order chi connectivity index (χ1) is 6.02. The van der Waals surface area contributed by atoms with E-state index in [-0.39, 0.29) is 11.1 Å². The molecule has 0 aliphatic rings. The minimum absolute atomic E-state index is 0.304. The highest BCUT2D eigenvalue weighted by Crippen LogP contribution is 2.13. The van der Waals surface area contributed by atoms with Crippen LogP contribution in [0.5, 0.6) is 0 Å². The molecule has 1 rings (SSSR count). The number of carboxylic acid groups (broad SMARTS) is 1. The van der Waals surface area contributed by atoms with E-state index in [0.717, 1.165) is 18.2 Å². The molecule has 0 saturated heterocycles. The summed E-state index contributed by atoms with van der Waals surface area (Å²) in [5, 5.41) is 7.58. The fourth-order valence-electron chi connectivity index (χ4n) is 0.866. The van der Waals surface area contributed by atoms with Crippen molar-refractivity contribution in [3.8, 4) is 0 Å². The third-order valence-corrected chi connectivity index (χ3v) is 1.63. The van der Waals surface area contributed by atoms with Gasteiger partial charge in [0.05, 0.1) is 11.1 Å². The Labute approximate surface area is 77.7 Å². The molecule has 0 fully saturated rings. The number of carbonyl (C=O) groups is 2.